The standard InChI is InChI=1S/C16H14Cl2F3NO3/c17-12-8-11(3-4-14(12)23)24-5-1-2-6-25-15-13(18)7-10(9-22-15)16(19,20)21/h3-4,7-9,23H,1-2,5-6H2. The molecule has 0 unspecified atom stereocenters. The van der Waals surface area contributed by atoms with Crippen LogP contribution in [0.4, 0.5) is 13.2 Å². The van der Waals surface area contributed by atoms with Gasteiger partial charge in [0, 0.05) is 12.3 Å². The van der Waals surface area contributed by atoms with E-state index in [1.165, 1.54) is 12.1 Å². The molecule has 0 atom stereocenters. The SMILES string of the molecule is Oc1ccc(OCCCCOc2ncc(C(F)(F)F)cc2Cl)cc1Cl. The number of hydrogen-bond donors (Lipinski definition) is 1. The number of pyridine rings is 1. The number of phenols is 1. The van der Waals surface area contributed by atoms with Gasteiger partial charge < -0.3 is 14.6 Å². The summed E-state index contributed by atoms with van der Waals surface area (Å²) < 4.78 is 48.2. The largest absolute Gasteiger partial charge is 0.506 e. The van der Waals surface area contributed by atoms with Crippen molar-refractivity contribution in [3.63, 3.8) is 0 Å². The summed E-state index contributed by atoms with van der Waals surface area (Å²) in [5, 5.41) is 9.30. The number of aromatic nitrogens is 1. The Bertz CT molecular complexity index is 726. The Morgan fingerprint density at radius 1 is 1.00 bits per heavy atom. The van der Waals surface area contributed by atoms with E-state index in [4.69, 9.17) is 32.7 Å². The third-order valence-electron chi connectivity index (χ3n) is 3.10. The number of aromatic hydroxyl groups is 1. The van der Waals surface area contributed by atoms with Crippen LogP contribution >= 0.6 is 23.2 Å². The first-order chi connectivity index (χ1) is 11.8. The third-order valence-corrected chi connectivity index (χ3v) is 3.67. The van der Waals surface area contributed by atoms with Crippen LogP contribution in [0.15, 0.2) is 30.5 Å². The summed E-state index contributed by atoms with van der Waals surface area (Å²) in [6.45, 7) is 0.621. The number of ether oxygens (including phenoxy) is 2. The molecule has 4 nitrogen and oxygen atoms in total. The molecule has 2 rings (SSSR count). The Morgan fingerprint density at radius 2 is 1.68 bits per heavy atom. The van der Waals surface area contributed by atoms with E-state index < -0.39 is 11.7 Å². The number of alkyl halides is 3. The van der Waals surface area contributed by atoms with Crippen LogP contribution in [0.25, 0.3) is 0 Å². The molecule has 1 aromatic carbocycles. The van der Waals surface area contributed by atoms with Crippen LogP contribution in [0.1, 0.15) is 18.4 Å². The number of halogens is 5. The Kier molecular flexibility index (Phi) is 6.61. The van der Waals surface area contributed by atoms with Crippen LogP contribution in [0.5, 0.6) is 17.4 Å². The Morgan fingerprint density at radius 3 is 2.28 bits per heavy atom. The molecule has 9 heteroatoms. The minimum absolute atomic E-state index is 0.0247. The summed E-state index contributed by atoms with van der Waals surface area (Å²) in [5.74, 6) is 0.459. The van der Waals surface area contributed by atoms with Gasteiger partial charge in [0.1, 0.15) is 16.5 Å². The quantitative estimate of drug-likeness (QED) is 0.641. The van der Waals surface area contributed by atoms with Crippen LogP contribution < -0.4 is 9.47 Å². The van der Waals surface area contributed by atoms with Gasteiger partial charge in [-0.25, -0.2) is 4.98 Å². The molecule has 0 aliphatic heterocycles. The molecule has 1 heterocycles. The molecule has 136 valence electrons. The monoisotopic (exact) mass is 395 g/mol. The van der Waals surface area contributed by atoms with E-state index in [0.717, 1.165) is 6.07 Å². The van der Waals surface area contributed by atoms with Crippen LogP contribution in [0.3, 0.4) is 0 Å². The van der Waals surface area contributed by atoms with Gasteiger partial charge in [0.05, 0.1) is 23.8 Å². The minimum Gasteiger partial charge on any atom is -0.506 e. The van der Waals surface area contributed by atoms with E-state index in [2.05, 4.69) is 4.98 Å². The summed E-state index contributed by atoms with van der Waals surface area (Å²) >= 11 is 11.5. The van der Waals surface area contributed by atoms with Crippen molar-refractivity contribution in [2.45, 2.75) is 19.0 Å². The first-order valence-corrected chi connectivity index (χ1v) is 8.00. The van der Waals surface area contributed by atoms with Crippen molar-refractivity contribution in [2.24, 2.45) is 0 Å². The maximum atomic E-state index is 12.5. The molecule has 0 spiro atoms. The van der Waals surface area contributed by atoms with E-state index in [1.807, 2.05) is 0 Å². The van der Waals surface area contributed by atoms with E-state index >= 15 is 0 Å². The van der Waals surface area contributed by atoms with E-state index in [1.54, 1.807) is 6.07 Å². The van der Waals surface area contributed by atoms with Crippen molar-refractivity contribution in [3.05, 3.63) is 46.1 Å². The molecular formula is C16H14Cl2F3NO3. The molecule has 0 saturated carbocycles. The summed E-state index contributed by atoms with van der Waals surface area (Å²) in [6.07, 6.45) is -2.59. The highest BCUT2D eigenvalue weighted by molar-refractivity contribution is 6.32. The summed E-state index contributed by atoms with van der Waals surface area (Å²) in [5.41, 5.74) is -0.925. The topological polar surface area (TPSA) is 51.6 Å². The summed E-state index contributed by atoms with van der Waals surface area (Å²) in [4.78, 5) is 3.58. The summed E-state index contributed by atoms with van der Waals surface area (Å²) in [7, 11) is 0. The maximum absolute atomic E-state index is 12.5. The zero-order chi connectivity index (χ0) is 18.4. The number of phenolic OH excluding ortho intramolecular Hbond substituents is 1. The number of rotatable bonds is 7. The first-order valence-electron chi connectivity index (χ1n) is 7.24. The molecule has 1 N–H and O–H groups in total. The number of hydrogen-bond acceptors (Lipinski definition) is 4. The second kappa shape index (κ2) is 8.49. The Hall–Kier alpha value is -1.86. The number of unbranched alkanes of at least 4 members (excludes halogenated alkanes) is 1. The van der Waals surface area contributed by atoms with Crippen molar-refractivity contribution in [1.29, 1.82) is 0 Å². The average Bonchev–Trinajstić information content (AvgIpc) is 2.54. The van der Waals surface area contributed by atoms with Crippen molar-refractivity contribution in [2.75, 3.05) is 13.2 Å². The highest BCUT2D eigenvalue weighted by Gasteiger charge is 2.31. The second-order valence-corrected chi connectivity index (χ2v) is 5.84. The van der Waals surface area contributed by atoms with E-state index in [0.29, 0.717) is 31.4 Å². The molecule has 0 aliphatic carbocycles. The van der Waals surface area contributed by atoms with Crippen molar-refractivity contribution < 1.29 is 27.8 Å². The van der Waals surface area contributed by atoms with E-state index in [-0.39, 0.29) is 28.3 Å². The molecule has 2 aromatic rings. The first kappa shape index (κ1) is 19.5. The van der Waals surface area contributed by atoms with Gasteiger partial charge in [0.2, 0.25) is 5.88 Å². The van der Waals surface area contributed by atoms with Gasteiger partial charge >= 0.3 is 6.18 Å². The number of benzene rings is 1. The highest BCUT2D eigenvalue weighted by atomic mass is 35.5. The Labute approximate surface area is 152 Å². The molecule has 0 radical (unpaired) electrons. The predicted molar refractivity (Wildman–Crippen MR) is 87.6 cm³/mol. The second-order valence-electron chi connectivity index (χ2n) is 5.03. The fourth-order valence-electron chi connectivity index (χ4n) is 1.83. The van der Waals surface area contributed by atoms with Gasteiger partial charge in [0.25, 0.3) is 0 Å². The van der Waals surface area contributed by atoms with Crippen LogP contribution in [-0.4, -0.2) is 23.3 Å². The molecule has 0 aliphatic rings. The zero-order valence-electron chi connectivity index (χ0n) is 12.8. The molecule has 0 fully saturated rings. The smallest absolute Gasteiger partial charge is 0.417 e. The molecule has 1 aromatic heterocycles. The fourth-order valence-corrected chi connectivity index (χ4v) is 2.22. The highest BCUT2D eigenvalue weighted by Crippen LogP contribution is 2.33. The van der Waals surface area contributed by atoms with Gasteiger partial charge in [-0.3, -0.25) is 0 Å². The van der Waals surface area contributed by atoms with Gasteiger partial charge in [-0.1, -0.05) is 23.2 Å². The molecule has 0 saturated heterocycles. The van der Waals surface area contributed by atoms with Crippen LogP contribution in [-0.2, 0) is 6.18 Å². The molecule has 0 bridgehead atoms. The van der Waals surface area contributed by atoms with Gasteiger partial charge in [-0.05, 0) is 31.0 Å². The molecule has 0 amide bonds. The van der Waals surface area contributed by atoms with Gasteiger partial charge in [0.15, 0.2) is 0 Å². The maximum Gasteiger partial charge on any atom is 0.417 e. The summed E-state index contributed by atoms with van der Waals surface area (Å²) in [6, 6.07) is 5.30. The lowest BCUT2D eigenvalue weighted by Crippen LogP contribution is -2.07. The lowest BCUT2D eigenvalue weighted by Gasteiger charge is -2.10. The molecular weight excluding hydrogens is 382 g/mol. The van der Waals surface area contributed by atoms with Crippen molar-refractivity contribution >= 4 is 23.2 Å². The fraction of sp³-hybridized carbons (Fsp3) is 0.312. The lowest BCUT2D eigenvalue weighted by molar-refractivity contribution is -0.137. The van der Waals surface area contributed by atoms with E-state index in [9.17, 15) is 18.3 Å². The normalized spacial score (nSPS) is 11.4. The molecule has 25 heavy (non-hydrogen) atoms. The zero-order valence-corrected chi connectivity index (χ0v) is 14.3. The average molecular weight is 396 g/mol. The minimum atomic E-state index is -4.50. The van der Waals surface area contributed by atoms with Gasteiger partial charge in [-0.15, -0.1) is 0 Å². The lowest BCUT2D eigenvalue weighted by atomic mass is 10.3. The van der Waals surface area contributed by atoms with Crippen LogP contribution in [0, 0.1) is 0 Å². The van der Waals surface area contributed by atoms with Crippen molar-refractivity contribution in [3.8, 4) is 17.4 Å². The number of nitrogens with zero attached hydrogens (tertiary/aromatic N) is 1. The third kappa shape index (κ3) is 5.86. The van der Waals surface area contributed by atoms with Crippen LogP contribution in [0.2, 0.25) is 10.0 Å². The predicted octanol–water partition coefficient (Wildman–Crippen LogP) is 5.35. The van der Waals surface area contributed by atoms with Crippen molar-refractivity contribution in [1.82, 2.24) is 4.98 Å². The van der Waals surface area contributed by atoms with Gasteiger partial charge in [-0.2, -0.15) is 13.2 Å². The Balaban J connectivity index is 1.71.